The molecule has 0 saturated heterocycles. The minimum atomic E-state index is -0.554. The first-order chi connectivity index (χ1) is 13.7. The molecule has 0 unspecified atom stereocenters. The first-order valence-electron chi connectivity index (χ1n) is 9.05. The van der Waals surface area contributed by atoms with E-state index < -0.39 is 11.9 Å². The number of aromatic nitrogens is 2. The van der Waals surface area contributed by atoms with Crippen LogP contribution in [0.15, 0.2) is 33.3 Å². The Bertz CT molecular complexity index is 1000. The number of halogens is 3. The molecule has 1 aromatic heterocycles. The van der Waals surface area contributed by atoms with Crippen molar-refractivity contribution in [2.24, 2.45) is 10.7 Å². The minimum absolute atomic E-state index is 0.00640. The van der Waals surface area contributed by atoms with E-state index in [1.165, 1.54) is 18.2 Å². The zero-order valence-electron chi connectivity index (χ0n) is 16.2. The molecule has 3 rings (SSSR count). The number of nitrogens with zero attached hydrogens (tertiary/aromatic N) is 4. The largest absolute Gasteiger partial charge is 0.419 e. The molecule has 7 nitrogen and oxygen atoms in total. The van der Waals surface area contributed by atoms with Crippen LogP contribution in [-0.2, 0) is 0 Å². The van der Waals surface area contributed by atoms with E-state index >= 15 is 0 Å². The van der Waals surface area contributed by atoms with Crippen molar-refractivity contribution < 1.29 is 8.81 Å². The second-order valence-electron chi connectivity index (χ2n) is 6.94. The Morgan fingerprint density at radius 3 is 2.69 bits per heavy atom. The van der Waals surface area contributed by atoms with E-state index in [4.69, 9.17) is 38.8 Å². The number of aliphatic imine (C=N–C) groups is 1. The summed E-state index contributed by atoms with van der Waals surface area (Å²) in [5, 5.41) is 16.5. The van der Waals surface area contributed by atoms with Crippen LogP contribution in [0.1, 0.15) is 50.1 Å². The SMILES string of the molecule is CC(C)c1nnc(C(=N)/C=C2\C(N)=NCCN2[C@H](C)c2c(Cl)ccc(F)c2Cl)o1. The Kier molecular flexibility index (Phi) is 6.24. The topological polar surface area (TPSA) is 104 Å². The van der Waals surface area contributed by atoms with Gasteiger partial charge in [0, 0.05) is 23.0 Å². The lowest BCUT2D eigenvalue weighted by molar-refractivity contribution is 0.285. The van der Waals surface area contributed by atoms with Crippen molar-refractivity contribution >= 4 is 34.7 Å². The molecule has 1 aromatic carbocycles. The lowest BCUT2D eigenvalue weighted by Gasteiger charge is -2.36. The van der Waals surface area contributed by atoms with Gasteiger partial charge in [0.1, 0.15) is 17.4 Å². The molecule has 1 aliphatic heterocycles. The number of benzene rings is 1. The molecule has 2 aromatic rings. The van der Waals surface area contributed by atoms with Crippen molar-refractivity contribution in [1.29, 1.82) is 5.41 Å². The molecule has 3 N–H and O–H groups in total. The van der Waals surface area contributed by atoms with Crippen LogP contribution in [-0.4, -0.2) is 39.7 Å². The van der Waals surface area contributed by atoms with Crippen LogP contribution < -0.4 is 5.73 Å². The van der Waals surface area contributed by atoms with Gasteiger partial charge in [0.25, 0.3) is 5.89 Å². The average molecular weight is 439 g/mol. The fourth-order valence-electron chi connectivity index (χ4n) is 3.04. The van der Waals surface area contributed by atoms with Gasteiger partial charge in [-0.1, -0.05) is 37.0 Å². The summed E-state index contributed by atoms with van der Waals surface area (Å²) in [4.78, 5) is 6.14. The van der Waals surface area contributed by atoms with E-state index in [9.17, 15) is 4.39 Å². The van der Waals surface area contributed by atoms with Crippen molar-refractivity contribution in [2.45, 2.75) is 32.7 Å². The van der Waals surface area contributed by atoms with E-state index in [1.54, 1.807) is 0 Å². The van der Waals surface area contributed by atoms with Crippen molar-refractivity contribution in [3.8, 4) is 0 Å². The number of amidine groups is 1. The highest BCUT2D eigenvalue weighted by atomic mass is 35.5. The van der Waals surface area contributed by atoms with E-state index in [-0.39, 0.29) is 28.4 Å². The molecule has 154 valence electrons. The van der Waals surface area contributed by atoms with Crippen LogP contribution >= 0.6 is 23.2 Å². The first kappa shape index (κ1) is 21.3. The molecule has 0 radical (unpaired) electrons. The van der Waals surface area contributed by atoms with Crippen molar-refractivity contribution in [3.63, 3.8) is 0 Å². The van der Waals surface area contributed by atoms with Gasteiger partial charge in [-0.25, -0.2) is 4.39 Å². The van der Waals surface area contributed by atoms with E-state index in [0.29, 0.717) is 35.3 Å². The molecule has 2 heterocycles. The van der Waals surface area contributed by atoms with Crippen LogP contribution in [0.2, 0.25) is 10.0 Å². The molecule has 29 heavy (non-hydrogen) atoms. The highest BCUT2D eigenvalue weighted by molar-refractivity contribution is 6.36. The highest BCUT2D eigenvalue weighted by Crippen LogP contribution is 2.37. The number of hydrogen-bond acceptors (Lipinski definition) is 7. The summed E-state index contributed by atoms with van der Waals surface area (Å²) in [7, 11) is 0. The summed E-state index contributed by atoms with van der Waals surface area (Å²) in [5.41, 5.74) is 7.03. The summed E-state index contributed by atoms with van der Waals surface area (Å²) in [5.74, 6) is 0.264. The number of nitrogens with one attached hydrogen (secondary N) is 1. The van der Waals surface area contributed by atoms with Gasteiger partial charge in [-0.05, 0) is 25.1 Å². The van der Waals surface area contributed by atoms with Crippen LogP contribution in [0.3, 0.4) is 0 Å². The number of hydrogen-bond donors (Lipinski definition) is 2. The predicted octanol–water partition coefficient (Wildman–Crippen LogP) is 4.32. The molecule has 0 saturated carbocycles. The van der Waals surface area contributed by atoms with Gasteiger partial charge in [0.15, 0.2) is 0 Å². The summed E-state index contributed by atoms with van der Waals surface area (Å²) in [6.45, 7) is 6.61. The van der Waals surface area contributed by atoms with Crippen LogP contribution in [0.4, 0.5) is 4.39 Å². The van der Waals surface area contributed by atoms with Crippen molar-refractivity contribution in [3.05, 3.63) is 57.1 Å². The second-order valence-corrected chi connectivity index (χ2v) is 7.72. The molecular weight excluding hydrogens is 418 g/mol. The fraction of sp³-hybridized carbons (Fsp3) is 0.368. The number of nitrogens with two attached hydrogens (primary N) is 1. The molecule has 0 spiro atoms. The smallest absolute Gasteiger partial charge is 0.265 e. The van der Waals surface area contributed by atoms with Gasteiger partial charge < -0.3 is 15.1 Å². The third-order valence-corrected chi connectivity index (χ3v) is 5.32. The number of rotatable bonds is 5. The lowest BCUT2D eigenvalue weighted by atomic mass is 10.0. The molecule has 10 heteroatoms. The Hall–Kier alpha value is -2.45. The zero-order chi connectivity index (χ0) is 21.3. The summed E-state index contributed by atoms with van der Waals surface area (Å²) in [6, 6.07) is 2.28. The van der Waals surface area contributed by atoms with Crippen molar-refractivity contribution in [2.75, 3.05) is 13.1 Å². The van der Waals surface area contributed by atoms with Gasteiger partial charge in [-0.2, -0.15) is 0 Å². The van der Waals surface area contributed by atoms with Gasteiger partial charge >= 0.3 is 0 Å². The maximum Gasteiger partial charge on any atom is 0.265 e. The molecule has 0 aliphatic carbocycles. The Labute approximate surface area is 177 Å². The van der Waals surface area contributed by atoms with Crippen LogP contribution in [0, 0.1) is 11.2 Å². The maximum absolute atomic E-state index is 14.0. The highest BCUT2D eigenvalue weighted by Gasteiger charge is 2.28. The quantitative estimate of drug-likeness (QED) is 0.533. The molecule has 0 fully saturated rings. The minimum Gasteiger partial charge on any atom is -0.419 e. The lowest BCUT2D eigenvalue weighted by Crippen LogP contribution is -2.40. The third kappa shape index (κ3) is 4.28. The van der Waals surface area contributed by atoms with Gasteiger partial charge in [0.05, 0.1) is 23.3 Å². The van der Waals surface area contributed by atoms with Gasteiger partial charge in [-0.15, -0.1) is 10.2 Å². The monoisotopic (exact) mass is 438 g/mol. The van der Waals surface area contributed by atoms with Gasteiger partial charge in [-0.3, -0.25) is 10.4 Å². The standard InChI is InChI=1S/C19H21Cl2FN6O/c1-9(2)18-26-27-19(29-18)13(23)8-14-17(24)25-6-7-28(14)10(3)15-11(20)4-5-12(22)16(15)21/h4-5,8-10,23H,6-7H2,1-3H3,(H2,24,25)/b14-8+,23-13?/t10-/m1/s1. The van der Waals surface area contributed by atoms with E-state index in [0.717, 1.165) is 0 Å². The molecule has 0 bridgehead atoms. The Balaban J connectivity index is 1.98. The summed E-state index contributed by atoms with van der Waals surface area (Å²) in [6.07, 6.45) is 1.51. The zero-order valence-corrected chi connectivity index (χ0v) is 17.7. The van der Waals surface area contributed by atoms with E-state index in [2.05, 4.69) is 15.2 Å². The molecular formula is C19H21Cl2FN6O. The first-order valence-corrected chi connectivity index (χ1v) is 9.80. The Morgan fingerprint density at radius 2 is 2.03 bits per heavy atom. The predicted molar refractivity (Wildman–Crippen MR) is 111 cm³/mol. The number of allylic oxidation sites excluding steroid dienone is 1. The average Bonchev–Trinajstić information content (AvgIpc) is 3.17. The van der Waals surface area contributed by atoms with Crippen LogP contribution in [0.5, 0.6) is 0 Å². The normalized spacial score (nSPS) is 17.0. The molecule has 1 atom stereocenters. The maximum atomic E-state index is 14.0. The van der Waals surface area contributed by atoms with Crippen LogP contribution in [0.25, 0.3) is 0 Å². The Morgan fingerprint density at radius 1 is 1.31 bits per heavy atom. The molecule has 0 amide bonds. The summed E-state index contributed by atoms with van der Waals surface area (Å²) >= 11 is 12.5. The summed E-state index contributed by atoms with van der Waals surface area (Å²) < 4.78 is 19.6. The molecule has 1 aliphatic rings. The van der Waals surface area contributed by atoms with E-state index in [1.807, 2.05) is 25.7 Å². The third-order valence-electron chi connectivity index (χ3n) is 4.61. The van der Waals surface area contributed by atoms with Crippen molar-refractivity contribution in [1.82, 2.24) is 15.1 Å². The van der Waals surface area contributed by atoms with Gasteiger partial charge in [0.2, 0.25) is 5.89 Å². The second kappa shape index (κ2) is 8.51. The fourth-order valence-corrected chi connectivity index (χ4v) is 3.73.